The van der Waals surface area contributed by atoms with Crippen LogP contribution in [0.4, 0.5) is 0 Å². The SMILES string of the molecule is Cc1ccc(-n2nnnc2SCC(=O)c2cc(C)n(Cc3ccco3)c2C)cc1C. The molecule has 0 aliphatic carbocycles. The molecule has 30 heavy (non-hydrogen) atoms. The summed E-state index contributed by atoms with van der Waals surface area (Å²) in [4.78, 5) is 12.9. The lowest BCUT2D eigenvalue weighted by molar-refractivity contribution is 0.102. The number of tetrazole rings is 1. The van der Waals surface area contributed by atoms with Crippen LogP contribution in [0.3, 0.4) is 0 Å². The third-order valence-corrected chi connectivity index (χ3v) is 6.20. The number of aryl methyl sites for hydroxylation is 3. The van der Waals surface area contributed by atoms with Crippen molar-refractivity contribution in [2.75, 3.05) is 5.75 Å². The third-order valence-electron chi connectivity index (χ3n) is 5.28. The van der Waals surface area contributed by atoms with Crippen molar-refractivity contribution in [1.29, 1.82) is 0 Å². The van der Waals surface area contributed by atoms with Crippen molar-refractivity contribution < 1.29 is 9.21 Å². The monoisotopic (exact) mass is 421 g/mol. The highest BCUT2D eigenvalue weighted by Crippen LogP contribution is 2.23. The number of Topliss-reactive ketones (excluding diaryl/α,β-unsaturated/α-hetero) is 1. The zero-order chi connectivity index (χ0) is 21.3. The van der Waals surface area contributed by atoms with Crippen LogP contribution in [0.5, 0.6) is 0 Å². The number of thioether (sulfide) groups is 1. The van der Waals surface area contributed by atoms with E-state index in [1.165, 1.54) is 22.9 Å². The molecule has 154 valence electrons. The molecule has 0 atom stereocenters. The average molecular weight is 422 g/mol. The Balaban J connectivity index is 1.50. The van der Waals surface area contributed by atoms with Gasteiger partial charge in [-0.2, -0.15) is 4.68 Å². The van der Waals surface area contributed by atoms with Gasteiger partial charge >= 0.3 is 0 Å². The Hall–Kier alpha value is -3.13. The van der Waals surface area contributed by atoms with Gasteiger partial charge in [0.05, 0.1) is 24.2 Å². The number of rotatable bonds is 7. The molecule has 4 rings (SSSR count). The van der Waals surface area contributed by atoms with E-state index < -0.39 is 0 Å². The van der Waals surface area contributed by atoms with E-state index in [-0.39, 0.29) is 11.5 Å². The number of hydrogen-bond donors (Lipinski definition) is 0. The van der Waals surface area contributed by atoms with Gasteiger partial charge in [0.15, 0.2) is 5.78 Å². The maximum absolute atomic E-state index is 12.9. The van der Waals surface area contributed by atoms with Crippen molar-refractivity contribution in [2.45, 2.75) is 39.4 Å². The van der Waals surface area contributed by atoms with Crippen LogP contribution in [0.2, 0.25) is 0 Å². The summed E-state index contributed by atoms with van der Waals surface area (Å²) in [6.07, 6.45) is 1.66. The number of nitrogens with zero attached hydrogens (tertiary/aromatic N) is 5. The van der Waals surface area contributed by atoms with Crippen molar-refractivity contribution in [3.05, 3.63) is 76.5 Å². The molecule has 0 unspecified atom stereocenters. The van der Waals surface area contributed by atoms with Crippen molar-refractivity contribution in [2.24, 2.45) is 0 Å². The summed E-state index contributed by atoms with van der Waals surface area (Å²) in [6.45, 7) is 8.69. The number of hydrogen-bond acceptors (Lipinski definition) is 6. The van der Waals surface area contributed by atoms with Crippen molar-refractivity contribution >= 4 is 17.5 Å². The van der Waals surface area contributed by atoms with Crippen LogP contribution in [-0.2, 0) is 6.54 Å². The van der Waals surface area contributed by atoms with Gasteiger partial charge < -0.3 is 8.98 Å². The highest BCUT2D eigenvalue weighted by molar-refractivity contribution is 7.99. The molecule has 7 nitrogen and oxygen atoms in total. The Morgan fingerprint density at radius 2 is 1.93 bits per heavy atom. The minimum absolute atomic E-state index is 0.0495. The van der Waals surface area contributed by atoms with E-state index >= 15 is 0 Å². The molecule has 0 saturated carbocycles. The second-order valence-electron chi connectivity index (χ2n) is 7.30. The molecule has 1 aromatic carbocycles. The number of carbonyl (C=O) groups is 1. The molecule has 0 spiro atoms. The molecule has 0 aliphatic heterocycles. The van der Waals surface area contributed by atoms with Gasteiger partial charge in [-0.1, -0.05) is 17.8 Å². The van der Waals surface area contributed by atoms with Gasteiger partial charge in [0.25, 0.3) is 0 Å². The maximum Gasteiger partial charge on any atom is 0.214 e. The minimum Gasteiger partial charge on any atom is -0.467 e. The number of aromatic nitrogens is 5. The maximum atomic E-state index is 12.9. The first-order valence-corrected chi connectivity index (χ1v) is 10.6. The van der Waals surface area contributed by atoms with Gasteiger partial charge in [-0.25, -0.2) is 0 Å². The van der Waals surface area contributed by atoms with E-state index in [2.05, 4.69) is 33.9 Å². The molecule has 0 saturated heterocycles. The van der Waals surface area contributed by atoms with Gasteiger partial charge in [0.1, 0.15) is 5.76 Å². The van der Waals surface area contributed by atoms with Crippen LogP contribution < -0.4 is 0 Å². The number of carbonyl (C=O) groups excluding carboxylic acids is 1. The summed E-state index contributed by atoms with van der Waals surface area (Å²) in [5, 5.41) is 12.6. The summed E-state index contributed by atoms with van der Waals surface area (Å²) in [7, 11) is 0. The van der Waals surface area contributed by atoms with Crippen molar-refractivity contribution in [3.8, 4) is 5.69 Å². The molecule has 0 N–H and O–H groups in total. The molecule has 4 aromatic rings. The summed E-state index contributed by atoms with van der Waals surface area (Å²) in [5.74, 6) is 1.17. The lowest BCUT2D eigenvalue weighted by Gasteiger charge is -2.08. The van der Waals surface area contributed by atoms with Gasteiger partial charge in [0.2, 0.25) is 5.16 Å². The molecule has 0 aliphatic rings. The molecule has 0 radical (unpaired) electrons. The topological polar surface area (TPSA) is 78.7 Å². The first-order valence-electron chi connectivity index (χ1n) is 9.65. The Kier molecular flexibility index (Phi) is 5.59. The molecule has 3 aromatic heterocycles. The predicted molar refractivity (Wildman–Crippen MR) is 115 cm³/mol. The summed E-state index contributed by atoms with van der Waals surface area (Å²) < 4.78 is 9.21. The normalized spacial score (nSPS) is 11.2. The first kappa shape index (κ1) is 20.2. The Bertz CT molecular complexity index is 1190. The lowest BCUT2D eigenvalue weighted by atomic mass is 10.1. The average Bonchev–Trinajstić information content (AvgIpc) is 3.46. The predicted octanol–water partition coefficient (Wildman–Crippen LogP) is 4.31. The van der Waals surface area contributed by atoms with Gasteiger partial charge in [-0.15, -0.1) is 5.10 Å². The zero-order valence-corrected chi connectivity index (χ0v) is 18.2. The smallest absolute Gasteiger partial charge is 0.214 e. The van der Waals surface area contributed by atoms with Crippen LogP contribution in [0.15, 0.2) is 52.2 Å². The lowest BCUT2D eigenvalue weighted by Crippen LogP contribution is -2.08. The van der Waals surface area contributed by atoms with Crippen molar-refractivity contribution in [3.63, 3.8) is 0 Å². The second-order valence-corrected chi connectivity index (χ2v) is 8.25. The van der Waals surface area contributed by atoms with E-state index in [1.807, 2.05) is 50.2 Å². The van der Waals surface area contributed by atoms with Gasteiger partial charge in [0, 0.05) is 17.0 Å². The summed E-state index contributed by atoms with van der Waals surface area (Å²) >= 11 is 1.34. The van der Waals surface area contributed by atoms with Crippen LogP contribution in [-0.4, -0.2) is 36.3 Å². The van der Waals surface area contributed by atoms with E-state index in [0.717, 1.165) is 28.4 Å². The van der Waals surface area contributed by atoms with Gasteiger partial charge in [-0.3, -0.25) is 4.79 Å². The molecular formula is C22H23N5O2S. The van der Waals surface area contributed by atoms with Crippen molar-refractivity contribution in [1.82, 2.24) is 24.8 Å². The fourth-order valence-corrected chi connectivity index (χ4v) is 4.16. The highest BCUT2D eigenvalue weighted by Gasteiger charge is 2.18. The van der Waals surface area contributed by atoms with E-state index in [0.29, 0.717) is 11.7 Å². The van der Waals surface area contributed by atoms with Crippen LogP contribution in [0.25, 0.3) is 5.69 Å². The van der Waals surface area contributed by atoms with Gasteiger partial charge in [-0.05, 0) is 79.6 Å². The fraction of sp³-hybridized carbons (Fsp3) is 0.273. The molecule has 0 amide bonds. The van der Waals surface area contributed by atoms with Crippen LogP contribution in [0, 0.1) is 27.7 Å². The summed E-state index contributed by atoms with van der Waals surface area (Å²) in [5.41, 5.74) is 5.94. The Morgan fingerprint density at radius 3 is 2.67 bits per heavy atom. The summed E-state index contributed by atoms with van der Waals surface area (Å²) in [6, 6.07) is 11.8. The van der Waals surface area contributed by atoms with E-state index in [4.69, 9.17) is 4.42 Å². The van der Waals surface area contributed by atoms with Crippen LogP contribution >= 0.6 is 11.8 Å². The standard InChI is InChI=1S/C22H23N5O2S/c1-14-7-8-18(10-15(14)2)27-22(23-24-25-27)30-13-21(28)20-11-16(3)26(17(20)4)12-19-6-5-9-29-19/h5-11H,12-13H2,1-4H3. The largest absolute Gasteiger partial charge is 0.467 e. The quantitative estimate of drug-likeness (QED) is 0.327. The number of benzene rings is 1. The number of ketones is 1. The molecule has 8 heteroatoms. The molecule has 0 fully saturated rings. The van der Waals surface area contributed by atoms with Crippen LogP contribution in [0.1, 0.15) is 38.6 Å². The molecule has 0 bridgehead atoms. The molecular weight excluding hydrogens is 398 g/mol. The first-order chi connectivity index (χ1) is 14.4. The zero-order valence-electron chi connectivity index (χ0n) is 17.4. The highest BCUT2D eigenvalue weighted by atomic mass is 32.2. The Morgan fingerprint density at radius 1 is 1.10 bits per heavy atom. The molecule has 3 heterocycles. The minimum atomic E-state index is 0.0495. The second kappa shape index (κ2) is 8.31. The van der Waals surface area contributed by atoms with E-state index in [1.54, 1.807) is 10.9 Å². The fourth-order valence-electron chi connectivity index (χ4n) is 3.38. The number of furan rings is 1. The van der Waals surface area contributed by atoms with E-state index in [9.17, 15) is 4.79 Å². The Labute approximate surface area is 179 Å². The third kappa shape index (κ3) is 3.95.